The fourth-order valence-corrected chi connectivity index (χ4v) is 8.48. The summed E-state index contributed by atoms with van der Waals surface area (Å²) in [4.78, 5) is 82.7. The smallest absolute Gasteiger partial charge is 0.359 e. The molecule has 13 nitrogen and oxygen atoms in total. The van der Waals surface area contributed by atoms with Gasteiger partial charge in [-0.1, -0.05) is 102 Å². The maximum absolute atomic E-state index is 15.5. The maximum Gasteiger partial charge on any atom is 0.359 e. The largest absolute Gasteiger partial charge is 0.458 e. The molecule has 1 aliphatic heterocycles. The van der Waals surface area contributed by atoms with Gasteiger partial charge in [-0.25, -0.2) is 14.4 Å². The fraction of sp³-hybridized carbons (Fsp3) is 0.576. The van der Waals surface area contributed by atoms with Crippen molar-refractivity contribution in [1.29, 1.82) is 0 Å². The van der Waals surface area contributed by atoms with Crippen molar-refractivity contribution in [2.24, 2.45) is 16.7 Å². The molecule has 2 saturated carbocycles. The van der Waals surface area contributed by atoms with Gasteiger partial charge in [0.05, 0.1) is 23.5 Å². The Kier molecular flexibility index (Phi) is 10.7. The number of halogens is 6. The number of fused-ring (bicyclic) bond motifs is 5. The molecule has 4 aliphatic rings. The molecule has 0 aromatic heterocycles. The standard InChI is InChI=1S/C33H32Cl6O13/c1-13-18-20(50-27(46)33(37,38)39)23(43)29(5)16(49-26(45)32(34,35)36)11-17-30(12-48-17,52-14(2)40)21(29)24(51-25(44)15-9-7-6-8-10-15)31(47,28(18,3)4)22(42)19(13)41/h6-10,16-17,20-22,24,42,47H,11-12H2,1-5H3/t16-,17+,20+,21-,22+,24-,29+,30-,31+/m0/s1. The molecule has 52 heavy (non-hydrogen) atoms. The van der Waals surface area contributed by atoms with E-state index < -0.39 is 115 Å². The number of ketones is 2. The van der Waals surface area contributed by atoms with E-state index in [2.05, 4.69) is 0 Å². The quantitative estimate of drug-likeness (QED) is 0.245. The highest BCUT2D eigenvalue weighted by Gasteiger charge is 2.80. The van der Waals surface area contributed by atoms with Crippen LogP contribution in [0.15, 0.2) is 41.5 Å². The fourth-order valence-electron chi connectivity index (χ4n) is 8.21. The number of aliphatic hydroxyl groups excluding tert-OH is 1. The van der Waals surface area contributed by atoms with E-state index in [0.717, 1.165) is 6.92 Å². The Bertz CT molecular complexity index is 1750. The maximum atomic E-state index is 15.5. The first-order chi connectivity index (χ1) is 23.8. The molecule has 1 heterocycles. The van der Waals surface area contributed by atoms with Gasteiger partial charge in [-0.15, -0.1) is 0 Å². The van der Waals surface area contributed by atoms with Crippen molar-refractivity contribution in [3.8, 4) is 0 Å². The predicted molar refractivity (Wildman–Crippen MR) is 184 cm³/mol. The summed E-state index contributed by atoms with van der Waals surface area (Å²) in [7, 11) is 0. The van der Waals surface area contributed by atoms with Crippen LogP contribution in [-0.2, 0) is 47.7 Å². The Morgan fingerprint density at radius 1 is 0.904 bits per heavy atom. The van der Waals surface area contributed by atoms with Gasteiger partial charge in [-0.2, -0.15) is 0 Å². The molecule has 1 aromatic carbocycles. The number of rotatable bonds is 5. The summed E-state index contributed by atoms with van der Waals surface area (Å²) in [6.45, 7) is 5.54. The molecule has 3 aliphatic carbocycles. The van der Waals surface area contributed by atoms with Gasteiger partial charge in [0, 0.05) is 18.8 Å². The highest BCUT2D eigenvalue weighted by Crippen LogP contribution is 2.64. The van der Waals surface area contributed by atoms with Crippen molar-refractivity contribution in [2.45, 2.75) is 90.3 Å². The summed E-state index contributed by atoms with van der Waals surface area (Å²) in [5, 5.41) is 25.0. The molecular formula is C33H32Cl6O13. The van der Waals surface area contributed by atoms with Crippen LogP contribution in [0.2, 0.25) is 0 Å². The lowest BCUT2D eigenvalue weighted by Crippen LogP contribution is -2.83. The molecule has 0 amide bonds. The second kappa shape index (κ2) is 13.5. The van der Waals surface area contributed by atoms with E-state index in [1.807, 2.05) is 0 Å². The molecule has 3 fully saturated rings. The third kappa shape index (κ3) is 6.21. The number of carbonyl (C=O) groups excluding carboxylic acids is 6. The summed E-state index contributed by atoms with van der Waals surface area (Å²) in [6, 6.07) is 7.38. The lowest BCUT2D eigenvalue weighted by Gasteiger charge is -2.67. The summed E-state index contributed by atoms with van der Waals surface area (Å²) in [5.74, 6) is -9.29. The summed E-state index contributed by atoms with van der Waals surface area (Å²) in [6.07, 6.45) is -10.3. The molecule has 2 bridgehead atoms. The molecule has 0 radical (unpaired) electrons. The molecule has 0 spiro atoms. The average molecular weight is 849 g/mol. The van der Waals surface area contributed by atoms with Crippen LogP contribution < -0.4 is 0 Å². The van der Waals surface area contributed by atoms with Crippen molar-refractivity contribution < 1.29 is 62.7 Å². The van der Waals surface area contributed by atoms with Crippen molar-refractivity contribution in [1.82, 2.24) is 0 Å². The number of hydrogen-bond donors (Lipinski definition) is 2. The molecule has 2 N–H and O–H groups in total. The van der Waals surface area contributed by atoms with E-state index in [9.17, 15) is 34.2 Å². The highest BCUT2D eigenvalue weighted by atomic mass is 35.6. The summed E-state index contributed by atoms with van der Waals surface area (Å²) in [5.41, 5.74) is -10.2. The Hall–Kier alpha value is -2.20. The molecule has 1 aromatic rings. The number of aliphatic hydroxyl groups is 2. The van der Waals surface area contributed by atoms with E-state index in [1.54, 1.807) is 6.07 Å². The van der Waals surface area contributed by atoms with E-state index in [4.69, 9.17) is 93.3 Å². The monoisotopic (exact) mass is 846 g/mol. The zero-order valence-corrected chi connectivity index (χ0v) is 32.5. The van der Waals surface area contributed by atoms with Crippen molar-refractivity contribution in [2.75, 3.05) is 6.61 Å². The van der Waals surface area contributed by atoms with Gasteiger partial charge in [0.1, 0.15) is 30.0 Å². The van der Waals surface area contributed by atoms with Crippen LogP contribution in [0.25, 0.3) is 0 Å². The first-order valence-corrected chi connectivity index (χ1v) is 17.9. The van der Waals surface area contributed by atoms with Gasteiger partial charge in [-0.3, -0.25) is 14.4 Å². The molecule has 9 atom stereocenters. The summed E-state index contributed by atoms with van der Waals surface area (Å²) >= 11 is 35.2. The van der Waals surface area contributed by atoms with E-state index in [-0.39, 0.29) is 16.7 Å². The Labute approximate surface area is 327 Å². The lowest BCUT2D eigenvalue weighted by molar-refractivity contribution is -0.349. The third-order valence-electron chi connectivity index (χ3n) is 10.7. The number of alkyl halides is 6. The van der Waals surface area contributed by atoms with Gasteiger partial charge in [0.2, 0.25) is 0 Å². The first-order valence-electron chi connectivity index (χ1n) is 15.6. The Morgan fingerprint density at radius 2 is 1.46 bits per heavy atom. The number of ether oxygens (including phenoxy) is 5. The van der Waals surface area contributed by atoms with Crippen LogP contribution in [0.1, 0.15) is 51.4 Å². The first kappa shape index (κ1) is 41.0. The Morgan fingerprint density at radius 3 is 1.96 bits per heavy atom. The number of benzene rings is 1. The topological polar surface area (TPSA) is 189 Å². The molecule has 5 rings (SSSR count). The number of carbonyl (C=O) groups is 6. The highest BCUT2D eigenvalue weighted by molar-refractivity contribution is 6.76. The lowest BCUT2D eigenvalue weighted by atomic mass is 9.44. The normalized spacial score (nSPS) is 35.5. The van der Waals surface area contributed by atoms with Crippen LogP contribution in [0.3, 0.4) is 0 Å². The number of esters is 4. The van der Waals surface area contributed by atoms with Crippen LogP contribution in [0.4, 0.5) is 0 Å². The van der Waals surface area contributed by atoms with Crippen LogP contribution >= 0.6 is 69.6 Å². The summed E-state index contributed by atoms with van der Waals surface area (Å²) < 4.78 is 23.6. The van der Waals surface area contributed by atoms with E-state index in [0.29, 0.717) is 0 Å². The number of Topliss-reactive ketones (excluding diaryl/α,β-unsaturated/α-hetero) is 2. The van der Waals surface area contributed by atoms with Crippen LogP contribution in [0.5, 0.6) is 0 Å². The van der Waals surface area contributed by atoms with Crippen molar-refractivity contribution >= 4 is 105 Å². The van der Waals surface area contributed by atoms with E-state index >= 15 is 4.79 Å². The van der Waals surface area contributed by atoms with E-state index in [1.165, 1.54) is 52.0 Å². The zero-order valence-electron chi connectivity index (χ0n) is 27.9. The van der Waals surface area contributed by atoms with Gasteiger partial charge in [0.25, 0.3) is 7.59 Å². The minimum atomic E-state index is -2.95. The molecule has 0 unspecified atom stereocenters. The third-order valence-corrected chi connectivity index (χ3v) is 11.6. The molecule has 284 valence electrons. The Balaban J connectivity index is 1.92. The SMILES string of the molecule is CC(=O)O[C@@]12CO[C@@H]1C[C@H](OC(=O)C(Cl)(Cl)Cl)[C@@]1(C)C(=O)[C@H](OC(=O)C(Cl)(Cl)Cl)C3=C(C)C(=O)[C@@H](O)[C@@](O)([C@@H](OC(=O)c4ccccc4)[C@H]21)C3(C)C. The average Bonchev–Trinajstić information content (AvgIpc) is 3.04. The van der Waals surface area contributed by atoms with Gasteiger partial charge in [-0.05, 0) is 37.1 Å². The second-order valence-electron chi connectivity index (χ2n) is 13.8. The van der Waals surface area contributed by atoms with Crippen LogP contribution in [0, 0.1) is 16.7 Å². The molecular weight excluding hydrogens is 817 g/mol. The minimum Gasteiger partial charge on any atom is -0.458 e. The predicted octanol–water partition coefficient (Wildman–Crippen LogP) is 4.10. The molecule has 1 saturated heterocycles. The minimum absolute atomic E-state index is 0.0602. The van der Waals surface area contributed by atoms with Crippen molar-refractivity contribution in [3.63, 3.8) is 0 Å². The second-order valence-corrected chi connectivity index (χ2v) is 18.4. The van der Waals surface area contributed by atoms with Gasteiger partial charge in [0.15, 0.2) is 23.3 Å². The van der Waals surface area contributed by atoms with Gasteiger partial charge >= 0.3 is 23.9 Å². The zero-order chi connectivity index (χ0) is 39.1. The van der Waals surface area contributed by atoms with Crippen molar-refractivity contribution in [3.05, 3.63) is 47.0 Å². The van der Waals surface area contributed by atoms with Crippen LogP contribution in [-0.4, -0.2) is 102 Å². The molecule has 19 heteroatoms. The number of hydrogen-bond acceptors (Lipinski definition) is 13. The van der Waals surface area contributed by atoms with Gasteiger partial charge < -0.3 is 33.9 Å².